The summed E-state index contributed by atoms with van der Waals surface area (Å²) in [5, 5.41) is 4.02. The van der Waals surface area contributed by atoms with Crippen LogP contribution in [-0.2, 0) is 27.7 Å². The molecule has 0 radical (unpaired) electrons. The SMILES string of the molecule is CCc1cc([C@H]2CCCN2S(=O)(=O)c2cc(Br)cc3c2N(C(C)=O)CC3)on1. The lowest BCUT2D eigenvalue weighted by Gasteiger charge is -2.25. The topological polar surface area (TPSA) is 83.7 Å². The predicted octanol–water partition coefficient (Wildman–Crippen LogP) is 3.43. The van der Waals surface area contributed by atoms with Crippen molar-refractivity contribution in [2.45, 2.75) is 50.5 Å². The van der Waals surface area contributed by atoms with Crippen molar-refractivity contribution >= 4 is 37.5 Å². The van der Waals surface area contributed by atoms with Crippen LogP contribution in [0.2, 0.25) is 0 Å². The third kappa shape index (κ3) is 3.19. The van der Waals surface area contributed by atoms with Gasteiger partial charge in [-0.3, -0.25) is 4.79 Å². The molecule has 3 heterocycles. The van der Waals surface area contributed by atoms with Crippen molar-refractivity contribution in [2.75, 3.05) is 18.0 Å². The Hall–Kier alpha value is -1.71. The van der Waals surface area contributed by atoms with Crippen LogP contribution in [0.4, 0.5) is 5.69 Å². The molecular formula is C19H22BrN3O4S. The smallest absolute Gasteiger partial charge is 0.245 e. The molecule has 1 saturated heterocycles. The van der Waals surface area contributed by atoms with Crippen LogP contribution < -0.4 is 4.90 Å². The second kappa shape index (κ2) is 7.27. The first kappa shape index (κ1) is 19.6. The van der Waals surface area contributed by atoms with E-state index in [0.717, 1.165) is 24.1 Å². The molecule has 1 amide bonds. The number of benzene rings is 1. The van der Waals surface area contributed by atoms with Crippen molar-refractivity contribution in [1.82, 2.24) is 9.46 Å². The lowest BCUT2D eigenvalue weighted by atomic mass is 10.1. The zero-order valence-electron chi connectivity index (χ0n) is 15.8. The summed E-state index contributed by atoms with van der Waals surface area (Å²) >= 11 is 3.43. The van der Waals surface area contributed by atoms with Gasteiger partial charge in [-0.1, -0.05) is 28.0 Å². The summed E-state index contributed by atoms with van der Waals surface area (Å²) in [6.07, 6.45) is 2.81. The molecule has 28 heavy (non-hydrogen) atoms. The van der Waals surface area contributed by atoms with E-state index in [0.29, 0.717) is 41.9 Å². The van der Waals surface area contributed by atoms with E-state index in [1.54, 1.807) is 11.0 Å². The molecule has 2 aliphatic rings. The molecule has 0 aliphatic carbocycles. The number of fused-ring (bicyclic) bond motifs is 1. The lowest BCUT2D eigenvalue weighted by molar-refractivity contribution is -0.116. The molecule has 150 valence electrons. The summed E-state index contributed by atoms with van der Waals surface area (Å²) in [6.45, 7) is 4.35. The number of amides is 1. The maximum Gasteiger partial charge on any atom is 0.245 e. The number of anilines is 1. The van der Waals surface area contributed by atoms with Gasteiger partial charge < -0.3 is 9.42 Å². The Balaban J connectivity index is 1.79. The zero-order valence-corrected chi connectivity index (χ0v) is 18.2. The largest absolute Gasteiger partial charge is 0.359 e. The van der Waals surface area contributed by atoms with Crippen molar-refractivity contribution in [3.8, 4) is 0 Å². The number of sulfonamides is 1. The average Bonchev–Trinajstić information content (AvgIpc) is 3.38. The van der Waals surface area contributed by atoms with Gasteiger partial charge in [0.15, 0.2) is 5.76 Å². The fourth-order valence-electron chi connectivity index (χ4n) is 4.07. The first-order valence-corrected chi connectivity index (χ1v) is 11.6. The highest BCUT2D eigenvalue weighted by molar-refractivity contribution is 9.10. The van der Waals surface area contributed by atoms with Gasteiger partial charge in [0, 0.05) is 30.6 Å². The maximum absolute atomic E-state index is 13.7. The molecule has 1 aromatic heterocycles. The number of carbonyl (C=O) groups is 1. The van der Waals surface area contributed by atoms with Crippen LogP contribution in [0.1, 0.15) is 49.7 Å². The molecule has 1 aromatic carbocycles. The van der Waals surface area contributed by atoms with E-state index in [1.165, 1.54) is 11.2 Å². The molecule has 7 nitrogen and oxygen atoms in total. The number of carbonyl (C=O) groups excluding carboxylic acids is 1. The number of halogens is 1. The van der Waals surface area contributed by atoms with E-state index in [1.807, 2.05) is 19.1 Å². The highest BCUT2D eigenvalue weighted by Gasteiger charge is 2.41. The summed E-state index contributed by atoms with van der Waals surface area (Å²) in [4.78, 5) is 13.8. The molecule has 1 atom stereocenters. The van der Waals surface area contributed by atoms with Crippen LogP contribution in [0, 0.1) is 0 Å². The molecule has 2 aliphatic heterocycles. The normalized spacial score (nSPS) is 20.0. The van der Waals surface area contributed by atoms with Crippen molar-refractivity contribution < 1.29 is 17.7 Å². The summed E-state index contributed by atoms with van der Waals surface area (Å²) in [6, 6.07) is 4.96. The molecule has 9 heteroatoms. The highest BCUT2D eigenvalue weighted by atomic mass is 79.9. The Labute approximate surface area is 172 Å². The Morgan fingerprint density at radius 1 is 1.32 bits per heavy atom. The lowest BCUT2D eigenvalue weighted by Crippen LogP contribution is -2.33. The summed E-state index contributed by atoms with van der Waals surface area (Å²) in [5.41, 5.74) is 2.19. The second-order valence-corrected chi connectivity index (χ2v) is 9.95. The Morgan fingerprint density at radius 3 is 2.79 bits per heavy atom. The van der Waals surface area contributed by atoms with E-state index in [-0.39, 0.29) is 16.8 Å². The van der Waals surface area contributed by atoms with E-state index >= 15 is 0 Å². The highest BCUT2D eigenvalue weighted by Crippen LogP contribution is 2.43. The molecule has 1 fully saturated rings. The second-order valence-electron chi connectivity index (χ2n) is 7.18. The van der Waals surface area contributed by atoms with E-state index in [4.69, 9.17) is 4.52 Å². The maximum atomic E-state index is 13.7. The van der Waals surface area contributed by atoms with Crippen LogP contribution in [0.15, 0.2) is 32.1 Å². The van der Waals surface area contributed by atoms with Gasteiger partial charge in [0.05, 0.1) is 17.4 Å². The number of aryl methyl sites for hydroxylation is 1. The molecule has 0 N–H and O–H groups in total. The number of nitrogens with zero attached hydrogens (tertiary/aromatic N) is 3. The average molecular weight is 468 g/mol. The van der Waals surface area contributed by atoms with Gasteiger partial charge in [0.25, 0.3) is 0 Å². The van der Waals surface area contributed by atoms with Gasteiger partial charge in [-0.05, 0) is 43.4 Å². The van der Waals surface area contributed by atoms with E-state index in [9.17, 15) is 13.2 Å². The van der Waals surface area contributed by atoms with E-state index < -0.39 is 10.0 Å². The van der Waals surface area contributed by atoms with Crippen LogP contribution in [0.3, 0.4) is 0 Å². The third-order valence-corrected chi connectivity index (χ3v) is 7.81. The molecule has 0 saturated carbocycles. The van der Waals surface area contributed by atoms with Crippen LogP contribution in [0.5, 0.6) is 0 Å². The van der Waals surface area contributed by atoms with Gasteiger partial charge >= 0.3 is 0 Å². The number of hydrogen-bond donors (Lipinski definition) is 0. The third-order valence-electron chi connectivity index (χ3n) is 5.43. The quantitative estimate of drug-likeness (QED) is 0.687. The standard InChI is InChI=1S/C19H22BrN3O4S/c1-3-15-11-17(27-21-15)16-5-4-7-23(16)28(25,26)18-10-14(20)9-13-6-8-22(12(2)24)19(13)18/h9-11,16H,3-8H2,1-2H3/t16-/m1/s1. The van der Waals surface area contributed by atoms with Crippen LogP contribution in [0.25, 0.3) is 0 Å². The predicted molar refractivity (Wildman–Crippen MR) is 108 cm³/mol. The summed E-state index contributed by atoms with van der Waals surface area (Å²) in [5.74, 6) is 0.423. The summed E-state index contributed by atoms with van der Waals surface area (Å²) in [7, 11) is -3.83. The monoisotopic (exact) mass is 467 g/mol. The number of hydrogen-bond acceptors (Lipinski definition) is 5. The van der Waals surface area contributed by atoms with Gasteiger partial charge in [-0.2, -0.15) is 4.31 Å². The fraction of sp³-hybridized carbons (Fsp3) is 0.474. The fourth-order valence-corrected chi connectivity index (χ4v) is 6.66. The molecule has 4 rings (SSSR count). The van der Waals surface area contributed by atoms with E-state index in [2.05, 4.69) is 21.1 Å². The minimum atomic E-state index is -3.83. The minimum Gasteiger partial charge on any atom is -0.359 e. The first-order valence-electron chi connectivity index (χ1n) is 9.40. The minimum absolute atomic E-state index is 0.154. The zero-order chi connectivity index (χ0) is 20.1. The van der Waals surface area contributed by atoms with Crippen LogP contribution in [-0.4, -0.2) is 36.9 Å². The van der Waals surface area contributed by atoms with Crippen LogP contribution >= 0.6 is 15.9 Å². The van der Waals surface area contributed by atoms with Crippen molar-refractivity contribution in [1.29, 1.82) is 0 Å². The van der Waals surface area contributed by atoms with Gasteiger partial charge in [-0.15, -0.1) is 0 Å². The Morgan fingerprint density at radius 2 is 2.11 bits per heavy atom. The summed E-state index contributed by atoms with van der Waals surface area (Å²) < 4.78 is 35.0. The van der Waals surface area contributed by atoms with Gasteiger partial charge in [0.1, 0.15) is 4.90 Å². The van der Waals surface area contributed by atoms with Gasteiger partial charge in [-0.25, -0.2) is 8.42 Å². The Bertz CT molecular complexity index is 1030. The molecule has 0 unspecified atom stereocenters. The molecular weight excluding hydrogens is 446 g/mol. The molecule has 0 spiro atoms. The molecule has 0 bridgehead atoms. The molecule has 2 aromatic rings. The Kier molecular flexibility index (Phi) is 5.09. The number of rotatable bonds is 4. The first-order chi connectivity index (χ1) is 13.3. The number of aromatic nitrogens is 1. The van der Waals surface area contributed by atoms with Crippen molar-refractivity contribution in [3.05, 3.63) is 39.7 Å². The van der Waals surface area contributed by atoms with Crippen molar-refractivity contribution in [2.24, 2.45) is 0 Å². The van der Waals surface area contributed by atoms with Crippen molar-refractivity contribution in [3.63, 3.8) is 0 Å². The van der Waals surface area contributed by atoms with Gasteiger partial charge in [0.2, 0.25) is 15.9 Å².